The lowest BCUT2D eigenvalue weighted by atomic mass is 10.2. The largest absolute Gasteiger partial charge is 0.481 e. The van der Waals surface area contributed by atoms with Crippen LogP contribution >= 0.6 is 11.8 Å². The van der Waals surface area contributed by atoms with Gasteiger partial charge in [-0.15, -0.1) is 0 Å². The Bertz CT molecular complexity index is 360. The lowest BCUT2D eigenvalue weighted by Gasteiger charge is -2.34. The molecule has 2 heterocycles. The molecule has 1 saturated heterocycles. The van der Waals surface area contributed by atoms with E-state index in [-0.39, 0.29) is 12.5 Å². The third-order valence-electron chi connectivity index (χ3n) is 2.45. The zero-order valence-corrected chi connectivity index (χ0v) is 9.56. The maximum absolute atomic E-state index is 10.8. The van der Waals surface area contributed by atoms with Crippen LogP contribution in [0.4, 0.5) is 5.95 Å². The fraction of sp³-hybridized carbons (Fsp3) is 0.500. The maximum atomic E-state index is 10.8. The molecule has 0 bridgehead atoms. The van der Waals surface area contributed by atoms with E-state index in [9.17, 15) is 4.79 Å². The van der Waals surface area contributed by atoms with Crippen LogP contribution in [0.15, 0.2) is 18.5 Å². The summed E-state index contributed by atoms with van der Waals surface area (Å²) in [6.07, 6.45) is 3.51. The van der Waals surface area contributed by atoms with E-state index in [1.165, 1.54) is 0 Å². The van der Waals surface area contributed by atoms with Gasteiger partial charge in [-0.1, -0.05) is 0 Å². The van der Waals surface area contributed by atoms with Crippen LogP contribution < -0.4 is 4.90 Å². The number of hydrogen-bond acceptors (Lipinski definition) is 5. The smallest absolute Gasteiger partial charge is 0.305 e. The summed E-state index contributed by atoms with van der Waals surface area (Å²) in [5, 5.41) is 8.85. The van der Waals surface area contributed by atoms with Crippen LogP contribution in [0.2, 0.25) is 0 Å². The standard InChI is InChI=1S/C10H13N3O2S/c14-9(15)6-8-7-16-5-4-13(8)10-11-2-1-3-12-10/h1-3,8H,4-7H2,(H,14,15). The van der Waals surface area contributed by atoms with Gasteiger partial charge in [0.05, 0.1) is 12.5 Å². The lowest BCUT2D eigenvalue weighted by molar-refractivity contribution is -0.137. The summed E-state index contributed by atoms with van der Waals surface area (Å²) in [7, 11) is 0. The Kier molecular flexibility index (Phi) is 3.61. The van der Waals surface area contributed by atoms with Crippen LogP contribution in [0.25, 0.3) is 0 Å². The second-order valence-electron chi connectivity index (χ2n) is 3.57. The lowest BCUT2D eigenvalue weighted by Crippen LogP contribution is -2.44. The number of carboxylic acid groups (broad SMARTS) is 1. The molecule has 1 N–H and O–H groups in total. The molecule has 0 amide bonds. The van der Waals surface area contributed by atoms with Crippen molar-refractivity contribution in [3.63, 3.8) is 0 Å². The summed E-state index contributed by atoms with van der Waals surface area (Å²) in [6.45, 7) is 0.812. The number of thioether (sulfide) groups is 1. The van der Waals surface area contributed by atoms with E-state index in [0.717, 1.165) is 18.1 Å². The first-order chi connectivity index (χ1) is 7.77. The summed E-state index contributed by atoms with van der Waals surface area (Å²) in [5.74, 6) is 1.68. The second kappa shape index (κ2) is 5.16. The first-order valence-corrected chi connectivity index (χ1v) is 6.26. The highest BCUT2D eigenvalue weighted by Crippen LogP contribution is 2.22. The quantitative estimate of drug-likeness (QED) is 0.844. The third-order valence-corrected chi connectivity index (χ3v) is 3.54. The van der Waals surface area contributed by atoms with Gasteiger partial charge in [0.1, 0.15) is 0 Å². The highest BCUT2D eigenvalue weighted by atomic mass is 32.2. The molecule has 1 atom stereocenters. The molecular weight excluding hydrogens is 226 g/mol. The predicted octanol–water partition coefficient (Wildman–Crippen LogP) is 0.873. The van der Waals surface area contributed by atoms with Crippen molar-refractivity contribution in [2.24, 2.45) is 0 Å². The molecule has 0 aliphatic carbocycles. The normalized spacial score (nSPS) is 20.8. The zero-order valence-electron chi connectivity index (χ0n) is 8.74. The SMILES string of the molecule is O=C(O)CC1CSCCN1c1ncccn1. The molecular formula is C10H13N3O2S. The van der Waals surface area contributed by atoms with Gasteiger partial charge in [-0.25, -0.2) is 9.97 Å². The van der Waals surface area contributed by atoms with Crippen LogP contribution in [0.1, 0.15) is 6.42 Å². The van der Waals surface area contributed by atoms with Gasteiger partial charge >= 0.3 is 5.97 Å². The monoisotopic (exact) mass is 239 g/mol. The van der Waals surface area contributed by atoms with E-state index in [1.807, 2.05) is 4.90 Å². The minimum absolute atomic E-state index is 0.00125. The average molecular weight is 239 g/mol. The van der Waals surface area contributed by atoms with Crippen molar-refractivity contribution in [1.82, 2.24) is 9.97 Å². The number of aliphatic carboxylic acids is 1. The molecule has 16 heavy (non-hydrogen) atoms. The summed E-state index contributed by atoms with van der Waals surface area (Å²) in [4.78, 5) is 21.1. The molecule has 5 nitrogen and oxygen atoms in total. The fourth-order valence-electron chi connectivity index (χ4n) is 1.73. The van der Waals surface area contributed by atoms with Gasteiger partial charge in [-0.3, -0.25) is 4.79 Å². The molecule has 1 aliphatic heterocycles. The molecule has 1 aromatic heterocycles. The molecule has 0 saturated carbocycles. The van der Waals surface area contributed by atoms with Crippen LogP contribution in [0.3, 0.4) is 0 Å². The molecule has 1 unspecified atom stereocenters. The Balaban J connectivity index is 2.13. The molecule has 0 aromatic carbocycles. The minimum atomic E-state index is -0.770. The topological polar surface area (TPSA) is 66.3 Å². The Morgan fingerprint density at radius 3 is 3.00 bits per heavy atom. The van der Waals surface area contributed by atoms with Gasteiger partial charge in [0.2, 0.25) is 5.95 Å². The number of hydrogen-bond donors (Lipinski definition) is 1. The number of carboxylic acids is 1. The van der Waals surface area contributed by atoms with Crippen LogP contribution in [-0.4, -0.2) is 45.1 Å². The zero-order chi connectivity index (χ0) is 11.4. The van der Waals surface area contributed by atoms with Crippen molar-refractivity contribution in [2.45, 2.75) is 12.5 Å². The summed E-state index contributed by atoms with van der Waals surface area (Å²) < 4.78 is 0. The molecule has 2 rings (SSSR count). The number of carbonyl (C=O) groups is 1. The van der Waals surface area contributed by atoms with Crippen molar-refractivity contribution < 1.29 is 9.90 Å². The number of nitrogens with zero attached hydrogens (tertiary/aromatic N) is 3. The van der Waals surface area contributed by atoms with Crippen molar-refractivity contribution >= 4 is 23.7 Å². The van der Waals surface area contributed by atoms with E-state index in [4.69, 9.17) is 5.11 Å². The Morgan fingerprint density at radius 1 is 1.56 bits per heavy atom. The van der Waals surface area contributed by atoms with Gasteiger partial charge in [-0.2, -0.15) is 11.8 Å². The summed E-state index contributed by atoms with van der Waals surface area (Å²) in [6, 6.07) is 1.76. The number of anilines is 1. The summed E-state index contributed by atoms with van der Waals surface area (Å²) >= 11 is 1.78. The van der Waals surface area contributed by atoms with Gasteiger partial charge in [0.15, 0.2) is 0 Å². The Labute approximate surface area is 97.9 Å². The highest BCUT2D eigenvalue weighted by Gasteiger charge is 2.26. The van der Waals surface area contributed by atoms with Crippen molar-refractivity contribution in [3.8, 4) is 0 Å². The van der Waals surface area contributed by atoms with E-state index < -0.39 is 5.97 Å². The molecule has 1 fully saturated rings. The van der Waals surface area contributed by atoms with E-state index >= 15 is 0 Å². The first-order valence-electron chi connectivity index (χ1n) is 5.10. The van der Waals surface area contributed by atoms with E-state index in [1.54, 1.807) is 30.2 Å². The molecule has 1 aliphatic rings. The average Bonchev–Trinajstić information content (AvgIpc) is 2.30. The molecule has 6 heteroatoms. The van der Waals surface area contributed by atoms with Gasteiger partial charge in [-0.05, 0) is 6.07 Å². The van der Waals surface area contributed by atoms with E-state index in [0.29, 0.717) is 5.95 Å². The molecule has 0 radical (unpaired) electrons. The summed E-state index contributed by atoms with van der Waals surface area (Å²) in [5.41, 5.74) is 0. The minimum Gasteiger partial charge on any atom is -0.481 e. The second-order valence-corrected chi connectivity index (χ2v) is 4.72. The first kappa shape index (κ1) is 11.2. The number of aromatic nitrogens is 2. The predicted molar refractivity (Wildman–Crippen MR) is 62.7 cm³/mol. The number of rotatable bonds is 3. The highest BCUT2D eigenvalue weighted by molar-refractivity contribution is 7.99. The van der Waals surface area contributed by atoms with Gasteiger partial charge in [0.25, 0.3) is 0 Å². The van der Waals surface area contributed by atoms with Gasteiger partial charge < -0.3 is 10.0 Å². The maximum Gasteiger partial charge on any atom is 0.305 e. The van der Waals surface area contributed by atoms with Crippen molar-refractivity contribution in [1.29, 1.82) is 0 Å². The Morgan fingerprint density at radius 2 is 2.31 bits per heavy atom. The molecule has 0 spiro atoms. The van der Waals surface area contributed by atoms with Crippen molar-refractivity contribution in [3.05, 3.63) is 18.5 Å². The molecule has 86 valence electrons. The van der Waals surface area contributed by atoms with Crippen LogP contribution in [0.5, 0.6) is 0 Å². The van der Waals surface area contributed by atoms with E-state index in [2.05, 4.69) is 9.97 Å². The van der Waals surface area contributed by atoms with Crippen molar-refractivity contribution in [2.75, 3.05) is 23.0 Å². The molecule has 1 aromatic rings. The third kappa shape index (κ3) is 2.63. The fourth-order valence-corrected chi connectivity index (χ4v) is 2.79. The van der Waals surface area contributed by atoms with Crippen LogP contribution in [-0.2, 0) is 4.79 Å². The Hall–Kier alpha value is -1.30. The van der Waals surface area contributed by atoms with Crippen LogP contribution in [0, 0.1) is 0 Å². The van der Waals surface area contributed by atoms with Gasteiger partial charge in [0, 0.05) is 30.4 Å².